The van der Waals surface area contributed by atoms with Crippen LogP contribution in [0.4, 0.5) is 5.69 Å². The maximum atomic E-state index is 13.0. The highest BCUT2D eigenvalue weighted by Crippen LogP contribution is 2.37. The Morgan fingerprint density at radius 1 is 1.28 bits per heavy atom. The first-order valence-corrected chi connectivity index (χ1v) is 8.74. The molecule has 1 atom stereocenters. The Morgan fingerprint density at radius 3 is 2.76 bits per heavy atom. The summed E-state index contributed by atoms with van der Waals surface area (Å²) in [5, 5.41) is 2.84. The lowest BCUT2D eigenvalue weighted by atomic mass is 9.88. The molecule has 0 saturated carbocycles. The number of nitrogens with zero attached hydrogens (tertiary/aromatic N) is 2. The molecule has 0 unspecified atom stereocenters. The van der Waals surface area contributed by atoms with Crippen molar-refractivity contribution in [2.75, 3.05) is 51.8 Å². The van der Waals surface area contributed by atoms with Crippen LogP contribution in [0.15, 0.2) is 18.2 Å². The van der Waals surface area contributed by atoms with Crippen LogP contribution in [0.25, 0.3) is 0 Å². The van der Waals surface area contributed by atoms with Crippen LogP contribution in [0.1, 0.15) is 17.9 Å². The molecular formula is C18H23N3O4. The van der Waals surface area contributed by atoms with E-state index in [0.717, 1.165) is 45.0 Å². The summed E-state index contributed by atoms with van der Waals surface area (Å²) in [5.74, 6) is 0.196. The predicted molar refractivity (Wildman–Crippen MR) is 91.7 cm³/mol. The molecule has 7 nitrogen and oxygen atoms in total. The van der Waals surface area contributed by atoms with Gasteiger partial charge in [-0.2, -0.15) is 0 Å². The van der Waals surface area contributed by atoms with E-state index in [2.05, 4.69) is 10.2 Å². The SMILES string of the molecule is COc1ccc2c(c1)[C@H](C(=O)N1CC(N3CCOCC3)C1)CC(=O)N2. The van der Waals surface area contributed by atoms with E-state index in [1.54, 1.807) is 19.2 Å². The third kappa shape index (κ3) is 3.09. The van der Waals surface area contributed by atoms with Crippen LogP contribution in [0.2, 0.25) is 0 Å². The topological polar surface area (TPSA) is 71.1 Å². The molecule has 1 aromatic rings. The smallest absolute Gasteiger partial charge is 0.230 e. The summed E-state index contributed by atoms with van der Waals surface area (Å²) in [6, 6.07) is 5.87. The van der Waals surface area contributed by atoms with Crippen LogP contribution in [-0.2, 0) is 14.3 Å². The number of fused-ring (bicyclic) bond motifs is 1. The first-order valence-electron chi connectivity index (χ1n) is 8.74. The number of hydrogen-bond donors (Lipinski definition) is 1. The summed E-state index contributed by atoms with van der Waals surface area (Å²) < 4.78 is 10.7. The lowest BCUT2D eigenvalue weighted by Crippen LogP contribution is -2.63. The van der Waals surface area contributed by atoms with Crippen LogP contribution in [-0.4, -0.2) is 74.2 Å². The monoisotopic (exact) mass is 345 g/mol. The van der Waals surface area contributed by atoms with E-state index in [0.29, 0.717) is 17.5 Å². The van der Waals surface area contributed by atoms with E-state index < -0.39 is 5.92 Å². The van der Waals surface area contributed by atoms with Gasteiger partial charge in [0.2, 0.25) is 11.8 Å². The van der Waals surface area contributed by atoms with Gasteiger partial charge in [-0.3, -0.25) is 14.5 Å². The zero-order valence-electron chi connectivity index (χ0n) is 14.4. The van der Waals surface area contributed by atoms with Crippen LogP contribution in [0.5, 0.6) is 5.75 Å². The fourth-order valence-corrected chi connectivity index (χ4v) is 3.82. The number of carbonyl (C=O) groups is 2. The molecule has 3 aliphatic rings. The van der Waals surface area contributed by atoms with Crippen molar-refractivity contribution in [3.05, 3.63) is 23.8 Å². The van der Waals surface area contributed by atoms with Crippen molar-refractivity contribution in [2.45, 2.75) is 18.4 Å². The Hall–Kier alpha value is -2.12. The number of nitrogens with one attached hydrogen (secondary N) is 1. The Kier molecular flexibility index (Phi) is 4.35. The average Bonchev–Trinajstić information content (AvgIpc) is 2.60. The van der Waals surface area contributed by atoms with Gasteiger partial charge in [-0.1, -0.05) is 0 Å². The number of anilines is 1. The molecule has 25 heavy (non-hydrogen) atoms. The standard InChI is InChI=1S/C18H23N3O4/c1-24-13-2-3-16-14(8-13)15(9-17(22)19-16)18(23)21-10-12(11-21)20-4-6-25-7-5-20/h2-3,8,12,15H,4-7,9-11H2,1H3,(H,19,22)/t15-/m1/s1. The minimum Gasteiger partial charge on any atom is -0.497 e. The van der Waals surface area contributed by atoms with Crippen molar-refractivity contribution in [3.63, 3.8) is 0 Å². The Bertz CT molecular complexity index is 681. The van der Waals surface area contributed by atoms with Gasteiger partial charge in [-0.25, -0.2) is 0 Å². The number of rotatable bonds is 3. The summed E-state index contributed by atoms with van der Waals surface area (Å²) >= 11 is 0. The normalized spacial score (nSPS) is 24.3. The highest BCUT2D eigenvalue weighted by Gasteiger charge is 2.40. The van der Waals surface area contributed by atoms with E-state index >= 15 is 0 Å². The number of carbonyl (C=O) groups excluding carboxylic acids is 2. The Labute approximate surface area is 146 Å². The molecule has 1 N–H and O–H groups in total. The zero-order valence-corrected chi connectivity index (χ0v) is 14.4. The number of ether oxygens (including phenoxy) is 2. The van der Waals surface area contributed by atoms with Gasteiger partial charge in [0.15, 0.2) is 0 Å². The number of hydrogen-bond acceptors (Lipinski definition) is 5. The summed E-state index contributed by atoms with van der Waals surface area (Å²) in [6.45, 7) is 4.85. The van der Waals surface area contributed by atoms with Gasteiger partial charge >= 0.3 is 0 Å². The molecule has 0 spiro atoms. The van der Waals surface area contributed by atoms with E-state index in [4.69, 9.17) is 9.47 Å². The van der Waals surface area contributed by atoms with Crippen LogP contribution in [0.3, 0.4) is 0 Å². The molecule has 2 amide bonds. The highest BCUT2D eigenvalue weighted by molar-refractivity contribution is 6.01. The third-order valence-electron chi connectivity index (χ3n) is 5.33. The largest absolute Gasteiger partial charge is 0.497 e. The van der Waals surface area contributed by atoms with E-state index in [9.17, 15) is 9.59 Å². The molecule has 0 aliphatic carbocycles. The van der Waals surface area contributed by atoms with E-state index in [1.807, 2.05) is 11.0 Å². The molecule has 7 heteroatoms. The van der Waals surface area contributed by atoms with Crippen LogP contribution < -0.4 is 10.1 Å². The minimum absolute atomic E-state index is 0.0360. The van der Waals surface area contributed by atoms with E-state index in [1.165, 1.54) is 0 Å². The van der Waals surface area contributed by atoms with Gasteiger partial charge in [0.05, 0.1) is 26.2 Å². The molecular weight excluding hydrogens is 322 g/mol. The molecule has 2 saturated heterocycles. The number of methoxy groups -OCH3 is 1. The van der Waals surface area contributed by atoms with Gasteiger partial charge in [0.1, 0.15) is 5.75 Å². The van der Waals surface area contributed by atoms with Crippen molar-refractivity contribution in [2.24, 2.45) is 0 Å². The van der Waals surface area contributed by atoms with Crippen LogP contribution >= 0.6 is 0 Å². The number of benzene rings is 1. The van der Waals surface area contributed by atoms with Gasteiger partial charge in [-0.15, -0.1) is 0 Å². The zero-order chi connectivity index (χ0) is 17.4. The molecule has 2 fully saturated rings. The maximum absolute atomic E-state index is 13.0. The van der Waals surface area contributed by atoms with Crippen molar-refractivity contribution >= 4 is 17.5 Å². The molecule has 0 aromatic heterocycles. The number of amides is 2. The average molecular weight is 345 g/mol. The Balaban J connectivity index is 1.47. The number of likely N-dealkylation sites (tertiary alicyclic amines) is 1. The van der Waals surface area contributed by atoms with Crippen molar-refractivity contribution in [3.8, 4) is 5.75 Å². The molecule has 3 heterocycles. The second-order valence-electron chi connectivity index (χ2n) is 6.80. The molecule has 4 rings (SSSR count). The summed E-state index contributed by atoms with van der Waals surface area (Å²) in [4.78, 5) is 29.2. The summed E-state index contributed by atoms with van der Waals surface area (Å²) in [7, 11) is 1.60. The second kappa shape index (κ2) is 6.65. The minimum atomic E-state index is -0.426. The van der Waals surface area contributed by atoms with E-state index in [-0.39, 0.29) is 18.2 Å². The third-order valence-corrected chi connectivity index (χ3v) is 5.33. The lowest BCUT2D eigenvalue weighted by molar-refractivity contribution is -0.143. The van der Waals surface area contributed by atoms with Gasteiger partial charge in [0.25, 0.3) is 0 Å². The Morgan fingerprint density at radius 2 is 2.04 bits per heavy atom. The first-order chi connectivity index (χ1) is 12.2. The first kappa shape index (κ1) is 16.4. The molecule has 0 radical (unpaired) electrons. The second-order valence-corrected chi connectivity index (χ2v) is 6.80. The van der Waals surface area contributed by atoms with Crippen LogP contribution in [0, 0.1) is 0 Å². The van der Waals surface area contributed by atoms with Crippen molar-refractivity contribution in [1.29, 1.82) is 0 Å². The van der Waals surface area contributed by atoms with Crippen molar-refractivity contribution < 1.29 is 19.1 Å². The molecule has 134 valence electrons. The summed E-state index contributed by atoms with van der Waals surface area (Å²) in [6.07, 6.45) is 0.192. The maximum Gasteiger partial charge on any atom is 0.230 e. The van der Waals surface area contributed by atoms with Gasteiger partial charge < -0.3 is 19.7 Å². The number of morpholine rings is 1. The molecule has 1 aromatic carbocycles. The fourth-order valence-electron chi connectivity index (χ4n) is 3.82. The predicted octanol–water partition coefficient (Wildman–Crippen LogP) is 0.664. The van der Waals surface area contributed by atoms with Crippen molar-refractivity contribution in [1.82, 2.24) is 9.80 Å². The quantitative estimate of drug-likeness (QED) is 0.872. The molecule has 3 aliphatic heterocycles. The molecule has 0 bridgehead atoms. The fraction of sp³-hybridized carbons (Fsp3) is 0.556. The van der Waals surface area contributed by atoms with Gasteiger partial charge in [0, 0.05) is 44.3 Å². The lowest BCUT2D eigenvalue weighted by Gasteiger charge is -2.47. The summed E-state index contributed by atoms with van der Waals surface area (Å²) in [5.41, 5.74) is 1.56. The van der Waals surface area contributed by atoms with Gasteiger partial charge in [-0.05, 0) is 23.8 Å². The highest BCUT2D eigenvalue weighted by atomic mass is 16.5.